The molecule has 2 N–H and O–H groups in total. The SMILES string of the molecule is Br.N=S1C=Nc2c(C(=O)O)cccc21. The maximum absolute atomic E-state index is 10.7. The fourth-order valence-electron chi connectivity index (χ4n) is 1.17. The molecule has 1 aliphatic heterocycles. The molecular formula is C8H7BrN2O2S. The Morgan fingerprint density at radius 3 is 2.86 bits per heavy atom. The number of carboxylic acids is 1. The fourth-order valence-corrected chi connectivity index (χ4v) is 2.09. The van der Waals surface area contributed by atoms with Crippen molar-refractivity contribution in [1.82, 2.24) is 0 Å². The molecule has 6 heteroatoms. The lowest BCUT2D eigenvalue weighted by molar-refractivity contribution is 0.0697. The number of nitrogens with one attached hydrogen (secondary N) is 1. The summed E-state index contributed by atoms with van der Waals surface area (Å²) in [6.07, 6.45) is 0. The molecule has 4 nitrogen and oxygen atoms in total. The predicted molar refractivity (Wildman–Crippen MR) is 60.2 cm³/mol. The first-order chi connectivity index (χ1) is 6.20. The molecule has 0 aliphatic carbocycles. The molecule has 1 unspecified atom stereocenters. The standard InChI is InChI=1S/C8H6N2O2S.BrH/c9-13-4-10-7-5(8(11)12)2-1-3-6(7)13;/h1-4,9H,(H,11,12);1H. The number of halogens is 1. The van der Waals surface area contributed by atoms with Crippen molar-refractivity contribution in [2.24, 2.45) is 4.99 Å². The van der Waals surface area contributed by atoms with Gasteiger partial charge in [0.15, 0.2) is 0 Å². The van der Waals surface area contributed by atoms with Crippen molar-refractivity contribution in [2.75, 3.05) is 0 Å². The molecule has 1 atom stereocenters. The van der Waals surface area contributed by atoms with Crippen LogP contribution in [-0.4, -0.2) is 16.6 Å². The van der Waals surface area contributed by atoms with Gasteiger partial charge in [-0.2, -0.15) is 0 Å². The average Bonchev–Trinajstić information content (AvgIpc) is 2.48. The van der Waals surface area contributed by atoms with Crippen molar-refractivity contribution < 1.29 is 9.90 Å². The van der Waals surface area contributed by atoms with Crippen molar-refractivity contribution in [2.45, 2.75) is 4.90 Å². The van der Waals surface area contributed by atoms with Gasteiger partial charge in [-0.1, -0.05) is 6.07 Å². The second-order valence-electron chi connectivity index (χ2n) is 2.53. The lowest BCUT2D eigenvalue weighted by Gasteiger charge is -2.00. The van der Waals surface area contributed by atoms with E-state index in [0.29, 0.717) is 10.6 Å². The van der Waals surface area contributed by atoms with E-state index < -0.39 is 16.7 Å². The summed E-state index contributed by atoms with van der Waals surface area (Å²) < 4.78 is 7.54. The van der Waals surface area contributed by atoms with Crippen LogP contribution in [0.2, 0.25) is 0 Å². The molecule has 0 bridgehead atoms. The first-order valence-corrected chi connectivity index (χ1v) is 4.84. The van der Waals surface area contributed by atoms with Gasteiger partial charge in [0, 0.05) is 0 Å². The van der Waals surface area contributed by atoms with Gasteiger partial charge in [0.05, 0.1) is 21.7 Å². The summed E-state index contributed by atoms with van der Waals surface area (Å²) in [5.41, 5.74) is 2.08. The summed E-state index contributed by atoms with van der Waals surface area (Å²) in [6.45, 7) is 0. The number of para-hydroxylation sites is 1. The zero-order chi connectivity index (χ0) is 9.42. The van der Waals surface area contributed by atoms with E-state index in [2.05, 4.69) is 4.99 Å². The molecule has 1 heterocycles. The maximum Gasteiger partial charge on any atom is 0.337 e. The molecule has 74 valence electrons. The highest BCUT2D eigenvalue weighted by Crippen LogP contribution is 2.31. The molecule has 1 aliphatic rings. The Kier molecular flexibility index (Phi) is 3.17. The fraction of sp³-hybridized carbons (Fsp3) is 0. The number of hydrogen-bond acceptors (Lipinski definition) is 3. The lowest BCUT2D eigenvalue weighted by atomic mass is 10.2. The third-order valence-electron chi connectivity index (χ3n) is 1.75. The molecule has 0 spiro atoms. The Labute approximate surface area is 93.3 Å². The number of fused-ring (bicyclic) bond motifs is 1. The Morgan fingerprint density at radius 2 is 2.21 bits per heavy atom. The Morgan fingerprint density at radius 1 is 1.50 bits per heavy atom. The van der Waals surface area contributed by atoms with Crippen LogP contribution in [0.25, 0.3) is 0 Å². The summed E-state index contributed by atoms with van der Waals surface area (Å²) in [5, 5.41) is 8.80. The molecule has 0 aromatic heterocycles. The number of carboxylic acid groups (broad SMARTS) is 1. The van der Waals surface area contributed by atoms with Crippen LogP contribution in [-0.2, 0) is 10.7 Å². The van der Waals surface area contributed by atoms with Gasteiger partial charge in [0.1, 0.15) is 0 Å². The van der Waals surface area contributed by atoms with Crippen LogP contribution in [0.4, 0.5) is 5.69 Å². The van der Waals surface area contributed by atoms with Crippen LogP contribution in [0, 0.1) is 4.78 Å². The first kappa shape index (κ1) is 11.1. The van der Waals surface area contributed by atoms with E-state index in [0.717, 1.165) is 0 Å². The number of nitrogens with zero attached hydrogens (tertiary/aromatic N) is 1. The molecule has 0 fully saturated rings. The molecule has 2 rings (SSSR count). The van der Waals surface area contributed by atoms with E-state index in [4.69, 9.17) is 9.89 Å². The third-order valence-corrected chi connectivity index (χ3v) is 2.87. The third kappa shape index (κ3) is 1.62. The van der Waals surface area contributed by atoms with Gasteiger partial charge in [-0.25, -0.2) is 9.79 Å². The lowest BCUT2D eigenvalue weighted by Crippen LogP contribution is -1.96. The van der Waals surface area contributed by atoms with Crippen LogP contribution in [0.5, 0.6) is 0 Å². The van der Waals surface area contributed by atoms with Crippen molar-refractivity contribution in [3.05, 3.63) is 23.8 Å². The second kappa shape index (κ2) is 4.02. The minimum absolute atomic E-state index is 0. The number of hydrogen-bond donors (Lipinski definition) is 2. The Bertz CT molecular complexity index is 445. The number of rotatable bonds is 1. The molecule has 1 aromatic rings. The average molecular weight is 275 g/mol. The molecule has 0 saturated heterocycles. The van der Waals surface area contributed by atoms with E-state index in [1.54, 1.807) is 12.1 Å². The largest absolute Gasteiger partial charge is 0.478 e. The highest BCUT2D eigenvalue weighted by molar-refractivity contribution is 8.93. The summed E-state index contributed by atoms with van der Waals surface area (Å²) >= 11 is 0. The zero-order valence-electron chi connectivity index (χ0n) is 6.93. The zero-order valence-corrected chi connectivity index (χ0v) is 9.46. The molecule has 1 aromatic carbocycles. The summed E-state index contributed by atoms with van der Waals surface area (Å²) in [5.74, 6) is -0.993. The highest BCUT2D eigenvalue weighted by Gasteiger charge is 2.18. The molecule has 0 amide bonds. The van der Waals surface area contributed by atoms with Gasteiger partial charge < -0.3 is 5.11 Å². The normalized spacial score (nSPS) is 17.3. The van der Waals surface area contributed by atoms with Crippen LogP contribution in [0.3, 0.4) is 0 Å². The van der Waals surface area contributed by atoms with Crippen molar-refractivity contribution in [1.29, 1.82) is 4.78 Å². The summed E-state index contributed by atoms with van der Waals surface area (Å²) in [6, 6.07) is 4.89. The van der Waals surface area contributed by atoms with Crippen molar-refractivity contribution >= 4 is 44.9 Å². The van der Waals surface area contributed by atoms with E-state index >= 15 is 0 Å². The molecule has 0 saturated carbocycles. The molecule has 14 heavy (non-hydrogen) atoms. The predicted octanol–water partition coefficient (Wildman–Crippen LogP) is 2.38. The van der Waals surface area contributed by atoms with Crippen LogP contribution in [0.1, 0.15) is 10.4 Å². The topological polar surface area (TPSA) is 73.5 Å². The van der Waals surface area contributed by atoms with Crippen molar-refractivity contribution in [3.63, 3.8) is 0 Å². The van der Waals surface area contributed by atoms with Gasteiger partial charge in [0.2, 0.25) is 0 Å². The Balaban J connectivity index is 0.000000980. The van der Waals surface area contributed by atoms with E-state index in [9.17, 15) is 4.79 Å². The van der Waals surface area contributed by atoms with Crippen LogP contribution >= 0.6 is 17.0 Å². The number of aliphatic imine (C=N–C) groups is 1. The summed E-state index contributed by atoms with van der Waals surface area (Å²) in [7, 11) is -0.780. The van der Waals surface area contributed by atoms with Gasteiger partial charge in [0.25, 0.3) is 0 Å². The monoisotopic (exact) mass is 274 g/mol. The number of benzene rings is 1. The van der Waals surface area contributed by atoms with E-state index in [1.807, 2.05) is 0 Å². The van der Waals surface area contributed by atoms with Gasteiger partial charge in [-0.15, -0.1) is 17.0 Å². The van der Waals surface area contributed by atoms with Crippen LogP contribution < -0.4 is 0 Å². The van der Waals surface area contributed by atoms with E-state index in [-0.39, 0.29) is 22.5 Å². The maximum atomic E-state index is 10.7. The first-order valence-electron chi connectivity index (χ1n) is 3.55. The minimum atomic E-state index is -0.993. The van der Waals surface area contributed by atoms with Gasteiger partial charge in [-0.3, -0.25) is 4.78 Å². The number of carbonyl (C=O) groups is 1. The number of aromatic carboxylic acids is 1. The van der Waals surface area contributed by atoms with E-state index in [1.165, 1.54) is 11.6 Å². The smallest absolute Gasteiger partial charge is 0.337 e. The Hall–Kier alpha value is -1.01. The summed E-state index contributed by atoms with van der Waals surface area (Å²) in [4.78, 5) is 15.4. The van der Waals surface area contributed by atoms with Crippen LogP contribution in [0.15, 0.2) is 28.1 Å². The quantitative estimate of drug-likeness (QED) is 0.825. The molecular weight excluding hydrogens is 268 g/mol. The van der Waals surface area contributed by atoms with Gasteiger partial charge in [-0.05, 0) is 22.8 Å². The minimum Gasteiger partial charge on any atom is -0.478 e. The molecule has 0 radical (unpaired) electrons. The van der Waals surface area contributed by atoms with Gasteiger partial charge >= 0.3 is 5.97 Å². The highest BCUT2D eigenvalue weighted by atomic mass is 79.9. The second-order valence-corrected chi connectivity index (χ2v) is 3.86. The van der Waals surface area contributed by atoms with Crippen molar-refractivity contribution in [3.8, 4) is 0 Å².